The zero-order chi connectivity index (χ0) is 20.0. The van der Waals surface area contributed by atoms with Gasteiger partial charge in [0, 0.05) is 43.7 Å². The van der Waals surface area contributed by atoms with E-state index >= 15 is 0 Å². The number of rotatable bonds is 3. The van der Waals surface area contributed by atoms with Crippen LogP contribution in [0.1, 0.15) is 47.2 Å². The highest BCUT2D eigenvalue weighted by atomic mass is 16.2. The largest absolute Gasteiger partial charge is 0.338 e. The molecule has 5 nitrogen and oxygen atoms in total. The summed E-state index contributed by atoms with van der Waals surface area (Å²) in [5.41, 5.74) is 3.18. The van der Waals surface area contributed by atoms with Gasteiger partial charge in [0.2, 0.25) is 5.91 Å². The van der Waals surface area contributed by atoms with E-state index in [0.29, 0.717) is 30.2 Å². The van der Waals surface area contributed by atoms with Gasteiger partial charge in [-0.05, 0) is 82.3 Å². The van der Waals surface area contributed by atoms with Crippen molar-refractivity contribution in [1.29, 1.82) is 0 Å². The van der Waals surface area contributed by atoms with E-state index in [2.05, 4.69) is 42.6 Å². The van der Waals surface area contributed by atoms with Crippen LogP contribution in [0.4, 0.5) is 0 Å². The van der Waals surface area contributed by atoms with Gasteiger partial charge in [-0.3, -0.25) is 9.59 Å². The van der Waals surface area contributed by atoms with E-state index < -0.39 is 0 Å². The zero-order valence-corrected chi connectivity index (χ0v) is 17.6. The molecule has 152 valence electrons. The molecule has 2 bridgehead atoms. The van der Waals surface area contributed by atoms with Crippen LogP contribution in [-0.2, 0) is 4.79 Å². The molecule has 0 radical (unpaired) electrons. The van der Waals surface area contributed by atoms with Crippen molar-refractivity contribution in [2.75, 3.05) is 33.7 Å². The van der Waals surface area contributed by atoms with Crippen LogP contribution in [-0.4, -0.2) is 72.3 Å². The van der Waals surface area contributed by atoms with Gasteiger partial charge in [-0.15, -0.1) is 0 Å². The van der Waals surface area contributed by atoms with Crippen LogP contribution in [0.2, 0.25) is 0 Å². The summed E-state index contributed by atoms with van der Waals surface area (Å²) in [6.45, 7) is 6.57. The zero-order valence-electron chi connectivity index (χ0n) is 17.6. The lowest BCUT2D eigenvalue weighted by atomic mass is 9.72. The first-order valence-corrected chi connectivity index (χ1v) is 10.7. The van der Waals surface area contributed by atoms with E-state index in [1.165, 1.54) is 5.56 Å². The number of amides is 2. The Kier molecular flexibility index (Phi) is 5.21. The van der Waals surface area contributed by atoms with Gasteiger partial charge in [-0.2, -0.15) is 0 Å². The third kappa shape index (κ3) is 3.45. The predicted octanol–water partition coefficient (Wildman–Crippen LogP) is 2.71. The van der Waals surface area contributed by atoms with Crippen molar-refractivity contribution in [2.45, 2.75) is 51.6 Å². The summed E-state index contributed by atoms with van der Waals surface area (Å²) < 4.78 is 0. The Bertz CT molecular complexity index is 775. The third-order valence-corrected chi connectivity index (χ3v) is 7.09. The van der Waals surface area contributed by atoms with Crippen molar-refractivity contribution in [3.05, 3.63) is 34.9 Å². The highest BCUT2D eigenvalue weighted by Crippen LogP contribution is 2.42. The molecule has 3 fully saturated rings. The van der Waals surface area contributed by atoms with Gasteiger partial charge in [0.25, 0.3) is 5.91 Å². The van der Waals surface area contributed by atoms with Crippen LogP contribution in [0.5, 0.6) is 0 Å². The summed E-state index contributed by atoms with van der Waals surface area (Å²) in [5.74, 6) is 1.26. The summed E-state index contributed by atoms with van der Waals surface area (Å²) in [4.78, 5) is 32.5. The fraction of sp³-hybridized carbons (Fsp3) is 0.652. The van der Waals surface area contributed by atoms with E-state index in [-0.39, 0.29) is 11.9 Å². The number of nitrogens with zero attached hydrogens (tertiary/aromatic N) is 3. The van der Waals surface area contributed by atoms with Crippen molar-refractivity contribution in [2.24, 2.45) is 11.8 Å². The van der Waals surface area contributed by atoms with E-state index in [1.807, 2.05) is 18.2 Å². The number of carbonyl (C=O) groups excluding carboxylic acids is 2. The van der Waals surface area contributed by atoms with E-state index in [4.69, 9.17) is 0 Å². The number of fused-ring (bicyclic) bond motifs is 4. The maximum atomic E-state index is 13.3. The van der Waals surface area contributed by atoms with Gasteiger partial charge < -0.3 is 14.7 Å². The topological polar surface area (TPSA) is 43.9 Å². The molecule has 1 aromatic rings. The molecular formula is C23H33N3O2. The Labute approximate surface area is 168 Å². The fourth-order valence-corrected chi connectivity index (χ4v) is 5.61. The second-order valence-corrected chi connectivity index (χ2v) is 9.36. The van der Waals surface area contributed by atoms with Gasteiger partial charge >= 0.3 is 0 Å². The van der Waals surface area contributed by atoms with Crippen LogP contribution in [0.25, 0.3) is 0 Å². The molecule has 3 heterocycles. The summed E-state index contributed by atoms with van der Waals surface area (Å²) in [6.07, 6.45) is 3.90. The molecule has 0 unspecified atom stereocenters. The van der Waals surface area contributed by atoms with E-state index in [0.717, 1.165) is 50.0 Å². The lowest BCUT2D eigenvalue weighted by Crippen LogP contribution is -2.67. The maximum absolute atomic E-state index is 13.3. The molecule has 3 aliphatic heterocycles. The SMILES string of the molecule is Cc1ccc(C(=O)N2C[C@H]3C[C@@H](C2)[C@H](CN(C)C)N2C(=O)CCC[C@@H]32)cc1C. The smallest absolute Gasteiger partial charge is 0.253 e. The van der Waals surface area contributed by atoms with Crippen molar-refractivity contribution in [3.63, 3.8) is 0 Å². The highest BCUT2D eigenvalue weighted by Gasteiger charge is 2.50. The van der Waals surface area contributed by atoms with E-state index in [9.17, 15) is 9.59 Å². The molecule has 4 rings (SSSR count). The number of benzene rings is 1. The summed E-state index contributed by atoms with van der Waals surface area (Å²) >= 11 is 0. The molecule has 0 N–H and O–H groups in total. The Morgan fingerprint density at radius 1 is 1.14 bits per heavy atom. The minimum atomic E-state index is 0.150. The van der Waals surface area contributed by atoms with Crippen molar-refractivity contribution >= 4 is 11.8 Å². The normalized spacial score (nSPS) is 29.8. The van der Waals surface area contributed by atoms with E-state index in [1.54, 1.807) is 0 Å². The molecule has 0 spiro atoms. The lowest BCUT2D eigenvalue weighted by molar-refractivity contribution is -0.152. The Balaban J connectivity index is 1.60. The Morgan fingerprint density at radius 2 is 1.89 bits per heavy atom. The molecule has 0 aliphatic carbocycles. The van der Waals surface area contributed by atoms with Gasteiger partial charge in [0.1, 0.15) is 0 Å². The van der Waals surface area contributed by atoms with Crippen LogP contribution < -0.4 is 0 Å². The van der Waals surface area contributed by atoms with Crippen LogP contribution in [0, 0.1) is 25.7 Å². The number of aryl methyl sites for hydroxylation is 2. The molecule has 4 atom stereocenters. The summed E-state index contributed by atoms with van der Waals surface area (Å²) in [6, 6.07) is 6.56. The Morgan fingerprint density at radius 3 is 2.61 bits per heavy atom. The lowest BCUT2D eigenvalue weighted by Gasteiger charge is -2.57. The molecule has 0 saturated carbocycles. The number of hydrogen-bond acceptors (Lipinski definition) is 3. The minimum absolute atomic E-state index is 0.150. The first-order valence-electron chi connectivity index (χ1n) is 10.7. The van der Waals surface area contributed by atoms with Crippen molar-refractivity contribution in [1.82, 2.24) is 14.7 Å². The quantitative estimate of drug-likeness (QED) is 0.806. The van der Waals surface area contributed by atoms with Gasteiger partial charge in [-0.1, -0.05) is 6.07 Å². The molecule has 5 heteroatoms. The Hall–Kier alpha value is -1.88. The molecule has 28 heavy (non-hydrogen) atoms. The minimum Gasteiger partial charge on any atom is -0.338 e. The number of piperidine rings is 3. The monoisotopic (exact) mass is 383 g/mol. The standard InChI is InChI=1S/C23H33N3O2/c1-15-8-9-17(10-16(15)2)23(28)25-12-18-11-19(13-25)21(14-24(3)4)26-20(18)6-5-7-22(26)27/h8-10,18-21H,5-7,11-14H2,1-4H3/t18-,19+,20+,21+/m1/s1. The number of carbonyl (C=O) groups is 2. The second kappa shape index (κ2) is 7.51. The average molecular weight is 384 g/mol. The molecule has 2 amide bonds. The molecule has 3 saturated heterocycles. The first kappa shape index (κ1) is 19.4. The second-order valence-electron chi connectivity index (χ2n) is 9.36. The number of hydrogen-bond donors (Lipinski definition) is 0. The molecule has 0 aromatic heterocycles. The van der Waals surface area contributed by atoms with Crippen molar-refractivity contribution < 1.29 is 9.59 Å². The van der Waals surface area contributed by atoms with Gasteiger partial charge in [0.15, 0.2) is 0 Å². The highest BCUT2D eigenvalue weighted by molar-refractivity contribution is 5.94. The average Bonchev–Trinajstić information content (AvgIpc) is 2.66. The number of likely N-dealkylation sites (N-methyl/N-ethyl adjacent to an activating group) is 1. The van der Waals surface area contributed by atoms with Crippen LogP contribution in [0.3, 0.4) is 0 Å². The van der Waals surface area contributed by atoms with Crippen molar-refractivity contribution in [3.8, 4) is 0 Å². The molecule has 1 aromatic carbocycles. The van der Waals surface area contributed by atoms with Gasteiger partial charge in [-0.25, -0.2) is 0 Å². The fourth-order valence-electron chi connectivity index (χ4n) is 5.61. The molecular weight excluding hydrogens is 350 g/mol. The summed E-state index contributed by atoms with van der Waals surface area (Å²) in [7, 11) is 4.16. The van der Waals surface area contributed by atoms with Gasteiger partial charge in [0.05, 0.1) is 0 Å². The summed E-state index contributed by atoms with van der Waals surface area (Å²) in [5, 5.41) is 0. The first-order chi connectivity index (χ1) is 13.3. The van der Waals surface area contributed by atoms with Crippen LogP contribution >= 0.6 is 0 Å². The predicted molar refractivity (Wildman–Crippen MR) is 110 cm³/mol. The third-order valence-electron chi connectivity index (χ3n) is 7.09. The van der Waals surface area contributed by atoms with Crippen LogP contribution in [0.15, 0.2) is 18.2 Å². The number of likely N-dealkylation sites (tertiary alicyclic amines) is 1. The maximum Gasteiger partial charge on any atom is 0.253 e. The molecule has 3 aliphatic rings.